The van der Waals surface area contributed by atoms with Gasteiger partial charge in [-0.1, -0.05) is 36.7 Å². The van der Waals surface area contributed by atoms with Crippen LogP contribution in [0.1, 0.15) is 41.8 Å². The van der Waals surface area contributed by atoms with Gasteiger partial charge in [0, 0.05) is 23.6 Å². The average Bonchev–Trinajstić information content (AvgIpc) is 3.01. The quantitative estimate of drug-likeness (QED) is 0.803. The van der Waals surface area contributed by atoms with Gasteiger partial charge in [-0.2, -0.15) is 0 Å². The third kappa shape index (κ3) is 2.67. The highest BCUT2D eigenvalue weighted by Gasteiger charge is 2.22. The molecule has 0 amide bonds. The van der Waals surface area contributed by atoms with Crippen molar-refractivity contribution in [2.24, 2.45) is 0 Å². The third-order valence-electron chi connectivity index (χ3n) is 3.61. The number of para-hydroxylation sites is 1. The fraction of sp³-hybridized carbons (Fsp3) is 0.375. The zero-order chi connectivity index (χ0) is 14.8. The number of hydrogen-bond donors (Lipinski definition) is 0. The molecule has 2 aromatic rings. The number of carbonyl (C=O) groups excluding carboxylic acids is 1. The van der Waals surface area contributed by atoms with Crippen molar-refractivity contribution in [3.05, 3.63) is 40.5 Å². The molecule has 3 rings (SSSR count). The summed E-state index contributed by atoms with van der Waals surface area (Å²) < 4.78 is 10.8. The SMILES string of the molecule is CCCC(=O)c1cnc2c(C3COCO3)cccc2c1Cl. The molecule has 1 aliphatic heterocycles. The Morgan fingerprint density at radius 3 is 3.05 bits per heavy atom. The van der Waals surface area contributed by atoms with Crippen LogP contribution >= 0.6 is 11.6 Å². The maximum Gasteiger partial charge on any atom is 0.165 e. The van der Waals surface area contributed by atoms with E-state index in [4.69, 9.17) is 21.1 Å². The molecule has 0 radical (unpaired) electrons. The second-order valence-corrected chi connectivity index (χ2v) is 5.42. The van der Waals surface area contributed by atoms with Gasteiger partial charge in [0.2, 0.25) is 0 Å². The van der Waals surface area contributed by atoms with Crippen molar-refractivity contribution in [1.82, 2.24) is 4.98 Å². The summed E-state index contributed by atoms with van der Waals surface area (Å²) in [6, 6.07) is 5.74. The molecule has 1 aromatic heterocycles. The zero-order valence-corrected chi connectivity index (χ0v) is 12.5. The van der Waals surface area contributed by atoms with Crippen molar-refractivity contribution in [3.8, 4) is 0 Å². The minimum Gasteiger partial charge on any atom is -0.352 e. The number of aromatic nitrogens is 1. The molecule has 1 aromatic carbocycles. The van der Waals surface area contributed by atoms with Crippen LogP contribution in [0.5, 0.6) is 0 Å². The van der Waals surface area contributed by atoms with Gasteiger partial charge in [0.15, 0.2) is 5.78 Å². The Kier molecular flexibility index (Phi) is 4.19. The summed E-state index contributed by atoms with van der Waals surface area (Å²) in [7, 11) is 0. The molecule has 1 atom stereocenters. The number of pyridine rings is 1. The maximum atomic E-state index is 12.1. The normalized spacial score (nSPS) is 18.3. The van der Waals surface area contributed by atoms with Crippen LogP contribution in [0.25, 0.3) is 10.9 Å². The molecular weight excluding hydrogens is 290 g/mol. The lowest BCUT2D eigenvalue weighted by Gasteiger charge is -2.13. The Morgan fingerprint density at radius 1 is 1.48 bits per heavy atom. The lowest BCUT2D eigenvalue weighted by atomic mass is 10.0. The molecular formula is C16H16ClNO3. The minimum atomic E-state index is -0.130. The molecule has 1 aliphatic rings. The zero-order valence-electron chi connectivity index (χ0n) is 11.8. The van der Waals surface area contributed by atoms with Gasteiger partial charge in [0.25, 0.3) is 0 Å². The van der Waals surface area contributed by atoms with E-state index in [0.717, 1.165) is 22.9 Å². The standard InChI is InChI=1S/C16H16ClNO3/c1-2-4-13(19)12-7-18-16-10(14-8-20-9-21-14)5-3-6-11(16)15(12)17/h3,5-7,14H,2,4,8-9H2,1H3. The van der Waals surface area contributed by atoms with Crippen LogP contribution < -0.4 is 0 Å². The summed E-state index contributed by atoms with van der Waals surface area (Å²) in [4.78, 5) is 16.5. The van der Waals surface area contributed by atoms with Crippen molar-refractivity contribution < 1.29 is 14.3 Å². The van der Waals surface area contributed by atoms with E-state index >= 15 is 0 Å². The number of nitrogens with zero attached hydrogens (tertiary/aromatic N) is 1. The van der Waals surface area contributed by atoms with Crippen molar-refractivity contribution in [2.45, 2.75) is 25.9 Å². The molecule has 0 aliphatic carbocycles. The van der Waals surface area contributed by atoms with Crippen molar-refractivity contribution >= 4 is 28.3 Å². The summed E-state index contributed by atoms with van der Waals surface area (Å²) in [6.07, 6.45) is 2.71. The molecule has 2 heterocycles. The van der Waals surface area contributed by atoms with Crippen LogP contribution in [-0.4, -0.2) is 24.2 Å². The number of rotatable bonds is 4. The Labute approximate surface area is 128 Å². The number of Topliss-reactive ketones (excluding diaryl/α,β-unsaturated/α-hetero) is 1. The van der Waals surface area contributed by atoms with E-state index in [1.807, 2.05) is 25.1 Å². The van der Waals surface area contributed by atoms with Crippen LogP contribution in [0.2, 0.25) is 5.02 Å². The number of benzene rings is 1. The summed E-state index contributed by atoms with van der Waals surface area (Å²) >= 11 is 6.42. The highest BCUT2D eigenvalue weighted by atomic mass is 35.5. The molecule has 1 unspecified atom stereocenters. The van der Waals surface area contributed by atoms with Gasteiger partial charge >= 0.3 is 0 Å². The Hall–Kier alpha value is -1.49. The second-order valence-electron chi connectivity index (χ2n) is 5.05. The molecule has 1 saturated heterocycles. The molecule has 0 spiro atoms. The van der Waals surface area contributed by atoms with Crippen LogP contribution in [0.4, 0.5) is 0 Å². The van der Waals surface area contributed by atoms with Gasteiger partial charge in [0.05, 0.1) is 22.7 Å². The van der Waals surface area contributed by atoms with E-state index in [2.05, 4.69) is 4.98 Å². The van der Waals surface area contributed by atoms with E-state index in [1.54, 1.807) is 6.20 Å². The Balaban J connectivity index is 2.10. The second kappa shape index (κ2) is 6.10. The largest absolute Gasteiger partial charge is 0.352 e. The lowest BCUT2D eigenvalue weighted by Crippen LogP contribution is -2.04. The number of hydrogen-bond acceptors (Lipinski definition) is 4. The monoisotopic (exact) mass is 305 g/mol. The fourth-order valence-corrected chi connectivity index (χ4v) is 2.85. The first kappa shape index (κ1) is 14.4. The predicted molar refractivity (Wildman–Crippen MR) is 80.6 cm³/mol. The molecule has 0 bridgehead atoms. The highest BCUT2D eigenvalue weighted by molar-refractivity contribution is 6.38. The first-order chi connectivity index (χ1) is 10.2. The van der Waals surface area contributed by atoms with E-state index in [1.165, 1.54) is 0 Å². The summed E-state index contributed by atoms with van der Waals surface area (Å²) in [5.41, 5.74) is 2.21. The van der Waals surface area contributed by atoms with Gasteiger partial charge < -0.3 is 9.47 Å². The van der Waals surface area contributed by atoms with Gasteiger partial charge in [-0.05, 0) is 6.42 Å². The fourth-order valence-electron chi connectivity index (χ4n) is 2.54. The lowest BCUT2D eigenvalue weighted by molar-refractivity contribution is 0.0469. The Morgan fingerprint density at radius 2 is 2.33 bits per heavy atom. The van der Waals surface area contributed by atoms with E-state index in [0.29, 0.717) is 30.4 Å². The molecule has 0 saturated carbocycles. The van der Waals surface area contributed by atoms with Crippen LogP contribution in [0.3, 0.4) is 0 Å². The molecule has 1 fully saturated rings. The molecule has 0 N–H and O–H groups in total. The van der Waals surface area contributed by atoms with Crippen LogP contribution in [0.15, 0.2) is 24.4 Å². The number of carbonyl (C=O) groups is 1. The van der Waals surface area contributed by atoms with Crippen LogP contribution in [-0.2, 0) is 9.47 Å². The molecule has 21 heavy (non-hydrogen) atoms. The summed E-state index contributed by atoms with van der Waals surface area (Å²) in [5, 5.41) is 1.26. The first-order valence-electron chi connectivity index (χ1n) is 7.02. The average molecular weight is 306 g/mol. The molecule has 5 heteroatoms. The summed E-state index contributed by atoms with van der Waals surface area (Å²) in [6.45, 7) is 2.77. The van der Waals surface area contributed by atoms with Crippen molar-refractivity contribution in [2.75, 3.05) is 13.4 Å². The van der Waals surface area contributed by atoms with Crippen molar-refractivity contribution in [3.63, 3.8) is 0 Å². The maximum absolute atomic E-state index is 12.1. The number of ketones is 1. The van der Waals surface area contributed by atoms with Crippen LogP contribution in [0, 0.1) is 0 Å². The molecule has 110 valence electrons. The van der Waals surface area contributed by atoms with E-state index in [-0.39, 0.29) is 11.9 Å². The third-order valence-corrected chi connectivity index (χ3v) is 4.02. The topological polar surface area (TPSA) is 48.4 Å². The van der Waals surface area contributed by atoms with E-state index in [9.17, 15) is 4.79 Å². The number of ether oxygens (including phenoxy) is 2. The van der Waals surface area contributed by atoms with E-state index < -0.39 is 0 Å². The van der Waals surface area contributed by atoms with Gasteiger partial charge in [0.1, 0.15) is 12.9 Å². The smallest absolute Gasteiger partial charge is 0.165 e. The number of fused-ring (bicyclic) bond motifs is 1. The highest BCUT2D eigenvalue weighted by Crippen LogP contribution is 2.33. The molecule has 4 nitrogen and oxygen atoms in total. The summed E-state index contributed by atoms with van der Waals surface area (Å²) in [5.74, 6) is 0.0303. The van der Waals surface area contributed by atoms with Gasteiger partial charge in [-0.3, -0.25) is 9.78 Å². The number of halogens is 1. The van der Waals surface area contributed by atoms with Gasteiger partial charge in [-0.25, -0.2) is 0 Å². The minimum absolute atomic E-state index is 0.0303. The Bertz CT molecular complexity index is 681. The van der Waals surface area contributed by atoms with Gasteiger partial charge in [-0.15, -0.1) is 0 Å². The predicted octanol–water partition coefficient (Wildman–Crippen LogP) is 3.92. The first-order valence-corrected chi connectivity index (χ1v) is 7.39. The van der Waals surface area contributed by atoms with Crippen molar-refractivity contribution in [1.29, 1.82) is 0 Å².